The molecular weight excluding hydrogens is 484 g/mol. The average molecular weight is 515 g/mol. The number of carbonyl (C=O) groups is 2. The normalized spacial score (nSPS) is 20.7. The summed E-state index contributed by atoms with van der Waals surface area (Å²) in [6.45, 7) is 2.25. The van der Waals surface area contributed by atoms with Gasteiger partial charge in [-0.2, -0.15) is 4.72 Å². The van der Waals surface area contributed by atoms with Crippen molar-refractivity contribution in [3.63, 3.8) is 0 Å². The summed E-state index contributed by atoms with van der Waals surface area (Å²) in [6, 6.07) is 12.8. The molecule has 5 N–H and O–H groups in total. The lowest BCUT2D eigenvalue weighted by Gasteiger charge is -2.27. The van der Waals surface area contributed by atoms with E-state index in [1.54, 1.807) is 12.1 Å². The molecule has 1 fully saturated rings. The van der Waals surface area contributed by atoms with Gasteiger partial charge in [0.1, 0.15) is 0 Å². The second kappa shape index (κ2) is 11.0. The van der Waals surface area contributed by atoms with Crippen molar-refractivity contribution in [1.29, 1.82) is 0 Å². The average Bonchev–Trinajstić information content (AvgIpc) is 3.23. The summed E-state index contributed by atoms with van der Waals surface area (Å²) in [5.74, 6) is -1.23. The Morgan fingerprint density at radius 1 is 1.19 bits per heavy atom. The Morgan fingerprint density at radius 3 is 2.67 bits per heavy atom. The molecule has 0 bridgehead atoms. The van der Waals surface area contributed by atoms with Crippen molar-refractivity contribution in [2.75, 3.05) is 19.7 Å². The maximum absolute atomic E-state index is 13.8. The third-order valence-corrected chi connectivity index (χ3v) is 7.80. The zero-order chi connectivity index (χ0) is 25.8. The number of nitrogens with one attached hydrogen (secondary N) is 2. The minimum Gasteiger partial charge on any atom is -0.481 e. The third kappa shape index (κ3) is 6.05. The number of hydrogen-bond acceptors (Lipinski definition) is 8. The molecule has 11 heteroatoms. The molecule has 4 rings (SSSR count). The van der Waals surface area contributed by atoms with Crippen LogP contribution >= 0.6 is 0 Å². The van der Waals surface area contributed by atoms with Crippen LogP contribution in [0.4, 0.5) is 0 Å². The molecule has 2 aromatic rings. The van der Waals surface area contributed by atoms with Gasteiger partial charge in [0.2, 0.25) is 21.5 Å². The number of nitrogens with two attached hydrogens (primary N) is 1. The molecule has 36 heavy (non-hydrogen) atoms. The largest absolute Gasteiger partial charge is 0.481 e. The van der Waals surface area contributed by atoms with Crippen molar-refractivity contribution >= 4 is 27.9 Å². The van der Waals surface area contributed by atoms with Crippen LogP contribution in [0.25, 0.3) is 6.08 Å². The van der Waals surface area contributed by atoms with Crippen LogP contribution in [0.2, 0.25) is 0 Å². The van der Waals surface area contributed by atoms with Gasteiger partial charge in [0.15, 0.2) is 0 Å². The lowest BCUT2D eigenvalue weighted by Crippen LogP contribution is -2.43. The lowest BCUT2D eigenvalue weighted by atomic mass is 9.95. The van der Waals surface area contributed by atoms with E-state index in [0.717, 1.165) is 37.6 Å². The number of sulfonamides is 1. The van der Waals surface area contributed by atoms with Gasteiger partial charge in [-0.15, -0.1) is 0 Å². The van der Waals surface area contributed by atoms with Gasteiger partial charge in [-0.25, -0.2) is 13.4 Å². The lowest BCUT2D eigenvalue weighted by molar-refractivity contribution is -0.137. The molecule has 2 heterocycles. The number of benzene rings is 2. The molecule has 1 unspecified atom stereocenters. The Balaban J connectivity index is 1.60. The molecule has 0 amide bonds. The molecule has 2 aromatic carbocycles. The highest BCUT2D eigenvalue weighted by Crippen LogP contribution is 2.26. The number of ether oxygens (including phenoxy) is 1. The summed E-state index contributed by atoms with van der Waals surface area (Å²) in [4.78, 5) is 29.0. The smallest absolute Gasteiger partial charge is 0.306 e. The molecule has 0 saturated carbocycles. The summed E-state index contributed by atoms with van der Waals surface area (Å²) >= 11 is 0. The number of aliphatic carboxylic acids is 1. The number of carbonyl (C=O) groups excluding carboxylic acids is 1. The minimum absolute atomic E-state index is 0.0966. The molecule has 2 atom stereocenters. The second-order valence-corrected chi connectivity index (χ2v) is 10.7. The Morgan fingerprint density at radius 2 is 1.94 bits per heavy atom. The van der Waals surface area contributed by atoms with Crippen molar-refractivity contribution in [2.45, 2.75) is 42.5 Å². The van der Waals surface area contributed by atoms with Crippen LogP contribution in [0.1, 0.15) is 36.0 Å². The topological polar surface area (TPSA) is 160 Å². The highest BCUT2D eigenvalue weighted by atomic mass is 32.2. The Labute approximate surface area is 209 Å². The number of hydrogen-bond donors (Lipinski definition) is 4. The first-order chi connectivity index (χ1) is 17.2. The third-order valence-electron chi connectivity index (χ3n) is 6.31. The van der Waals surface area contributed by atoms with Crippen LogP contribution in [-0.4, -0.2) is 56.9 Å². The van der Waals surface area contributed by atoms with Crippen molar-refractivity contribution in [3.05, 3.63) is 64.7 Å². The number of carboxylic acid groups (broad SMARTS) is 1. The van der Waals surface area contributed by atoms with Gasteiger partial charge in [0.05, 0.1) is 29.4 Å². The molecular formula is C25H30N4O6S. The van der Waals surface area contributed by atoms with Crippen LogP contribution in [0.15, 0.2) is 58.4 Å². The van der Waals surface area contributed by atoms with Crippen LogP contribution in [0.5, 0.6) is 0 Å². The van der Waals surface area contributed by atoms with E-state index in [2.05, 4.69) is 15.0 Å². The molecule has 0 radical (unpaired) electrons. The fraction of sp³-hybridized carbons (Fsp3) is 0.400. The summed E-state index contributed by atoms with van der Waals surface area (Å²) in [7, 11) is -4.17. The van der Waals surface area contributed by atoms with Gasteiger partial charge in [-0.3, -0.25) is 9.59 Å². The van der Waals surface area contributed by atoms with Crippen LogP contribution in [0.3, 0.4) is 0 Å². The Kier molecular flexibility index (Phi) is 7.96. The monoisotopic (exact) mass is 514 g/mol. The number of ketones is 1. The van der Waals surface area contributed by atoms with Gasteiger partial charge in [-0.05, 0) is 62.5 Å². The predicted molar refractivity (Wildman–Crippen MR) is 132 cm³/mol. The number of Topliss-reactive ketones (excluding diaryl/α,β-unsaturated/α-hetero) is 1. The minimum atomic E-state index is -4.17. The van der Waals surface area contributed by atoms with E-state index < -0.39 is 40.1 Å². The summed E-state index contributed by atoms with van der Waals surface area (Å²) in [5, 5.41) is 13.6. The van der Waals surface area contributed by atoms with Crippen molar-refractivity contribution in [1.82, 2.24) is 10.0 Å². The first-order valence-corrected chi connectivity index (χ1v) is 13.3. The molecule has 2 aliphatic heterocycles. The van der Waals surface area contributed by atoms with E-state index in [1.165, 1.54) is 24.3 Å². The Hall–Kier alpha value is -2.96. The summed E-state index contributed by atoms with van der Waals surface area (Å²) < 4.78 is 33.8. The zero-order valence-electron chi connectivity index (χ0n) is 19.7. The molecule has 0 aromatic heterocycles. The number of fused-ring (bicyclic) bond motifs is 1. The fourth-order valence-corrected chi connectivity index (χ4v) is 5.61. The highest BCUT2D eigenvalue weighted by molar-refractivity contribution is 7.89. The first-order valence-electron chi connectivity index (χ1n) is 11.9. The first kappa shape index (κ1) is 26.1. The Bertz CT molecular complexity index is 1320. The molecule has 1 saturated heterocycles. The van der Waals surface area contributed by atoms with E-state index in [1.807, 2.05) is 18.2 Å². The van der Waals surface area contributed by atoms with Gasteiger partial charge in [0.25, 0.3) is 0 Å². The van der Waals surface area contributed by atoms with Gasteiger partial charge >= 0.3 is 5.97 Å². The maximum Gasteiger partial charge on any atom is 0.306 e. The van der Waals surface area contributed by atoms with Crippen molar-refractivity contribution in [2.24, 2.45) is 16.6 Å². The number of piperidine rings is 1. The number of carboxylic acids is 1. The van der Waals surface area contributed by atoms with E-state index in [4.69, 9.17) is 15.6 Å². The van der Waals surface area contributed by atoms with Gasteiger partial charge in [-0.1, -0.05) is 30.3 Å². The number of rotatable bonds is 11. The summed E-state index contributed by atoms with van der Waals surface area (Å²) in [6.07, 6.45) is 2.65. The van der Waals surface area contributed by atoms with E-state index in [0.29, 0.717) is 17.9 Å². The number of para-hydroxylation sites is 1. The maximum atomic E-state index is 13.8. The van der Waals surface area contributed by atoms with Crippen LogP contribution in [0, 0.1) is 5.92 Å². The second-order valence-electron chi connectivity index (χ2n) is 9.02. The predicted octanol–water partition coefficient (Wildman–Crippen LogP) is 0.124. The fourth-order valence-electron chi connectivity index (χ4n) is 4.45. The SMILES string of the molecule is N[C@H](CC(=O)O)NS(=O)(=O)c1cccc(C(=O)C2(OCCC3CCNCC3)C=c3ccccc3=N2)c1. The van der Waals surface area contributed by atoms with Crippen LogP contribution in [-0.2, 0) is 19.6 Å². The quantitative estimate of drug-likeness (QED) is 0.243. The van der Waals surface area contributed by atoms with Gasteiger partial charge < -0.3 is 20.9 Å². The van der Waals surface area contributed by atoms with Gasteiger partial charge in [0, 0.05) is 10.8 Å². The van der Waals surface area contributed by atoms with Crippen molar-refractivity contribution in [3.8, 4) is 0 Å². The van der Waals surface area contributed by atoms with Crippen LogP contribution < -0.4 is 26.3 Å². The zero-order valence-corrected chi connectivity index (χ0v) is 20.5. The van der Waals surface area contributed by atoms with E-state index >= 15 is 0 Å². The summed E-state index contributed by atoms with van der Waals surface area (Å²) in [5.41, 5.74) is 4.09. The molecule has 10 nitrogen and oxygen atoms in total. The highest BCUT2D eigenvalue weighted by Gasteiger charge is 2.40. The molecule has 2 aliphatic rings. The molecule has 0 aliphatic carbocycles. The number of nitrogens with zero attached hydrogens (tertiary/aromatic N) is 1. The molecule has 0 spiro atoms. The standard InChI is InChI=1S/C25H30N4O6S/c26-22(15-23(30)31)29-36(33,34)20-6-3-5-18(14-20)24(32)25(16-19-4-1-2-7-21(19)28-25)35-13-10-17-8-11-27-12-9-17/h1-7,14,16-17,22,27,29H,8-13,15,26H2,(H,30,31)/t22-,25?/m0/s1. The van der Waals surface area contributed by atoms with E-state index in [9.17, 15) is 18.0 Å². The van der Waals surface area contributed by atoms with E-state index in [-0.39, 0.29) is 10.5 Å². The molecule has 192 valence electrons. The van der Waals surface area contributed by atoms with Crippen molar-refractivity contribution < 1.29 is 27.9 Å².